The van der Waals surface area contributed by atoms with Gasteiger partial charge < -0.3 is 9.64 Å². The van der Waals surface area contributed by atoms with E-state index in [0.29, 0.717) is 0 Å². The van der Waals surface area contributed by atoms with Crippen LogP contribution in [0.3, 0.4) is 0 Å². The van der Waals surface area contributed by atoms with Crippen LogP contribution in [0.2, 0.25) is 0 Å². The molecule has 5 rings (SSSR count). The van der Waals surface area contributed by atoms with Gasteiger partial charge in [-0.25, -0.2) is 4.39 Å². The molecule has 0 radical (unpaired) electrons. The van der Waals surface area contributed by atoms with E-state index in [1.165, 1.54) is 12.1 Å². The van der Waals surface area contributed by atoms with Crippen LogP contribution in [0, 0.1) is 5.82 Å². The molecule has 5 heteroatoms. The van der Waals surface area contributed by atoms with Gasteiger partial charge in [-0.15, -0.1) is 0 Å². The summed E-state index contributed by atoms with van der Waals surface area (Å²) in [4.78, 5) is 17.4. The van der Waals surface area contributed by atoms with E-state index < -0.39 is 0 Å². The molecule has 154 valence electrons. The highest BCUT2D eigenvalue weighted by molar-refractivity contribution is 5.84. The third-order valence-electron chi connectivity index (χ3n) is 6.25. The summed E-state index contributed by atoms with van der Waals surface area (Å²) in [5, 5.41) is 2.27. The number of halogens is 1. The predicted molar refractivity (Wildman–Crippen MR) is 115 cm³/mol. The summed E-state index contributed by atoms with van der Waals surface area (Å²) < 4.78 is 19.0. The number of carbonyl (C=O) groups is 1. The lowest BCUT2D eigenvalue weighted by Gasteiger charge is -2.41. The summed E-state index contributed by atoms with van der Waals surface area (Å²) in [7, 11) is 0. The molecule has 2 unspecified atom stereocenters. The number of hydrogen-bond donors (Lipinski definition) is 0. The predicted octanol–water partition coefficient (Wildman–Crippen LogP) is 4.23. The molecule has 2 aliphatic rings. The van der Waals surface area contributed by atoms with E-state index in [4.69, 9.17) is 4.74 Å². The van der Waals surface area contributed by atoms with E-state index in [1.807, 2.05) is 53.4 Å². The first kappa shape index (κ1) is 19.1. The molecule has 0 spiro atoms. The van der Waals surface area contributed by atoms with Gasteiger partial charge in [0.05, 0.1) is 0 Å². The highest BCUT2D eigenvalue weighted by Gasteiger charge is 2.42. The van der Waals surface area contributed by atoms with Crippen molar-refractivity contribution in [2.24, 2.45) is 0 Å². The Balaban J connectivity index is 1.20. The summed E-state index contributed by atoms with van der Waals surface area (Å²) >= 11 is 0. The van der Waals surface area contributed by atoms with Gasteiger partial charge in [-0.3, -0.25) is 9.69 Å². The smallest absolute Gasteiger partial charge is 0.261 e. The van der Waals surface area contributed by atoms with Gasteiger partial charge in [0.1, 0.15) is 11.6 Å². The Morgan fingerprint density at radius 2 is 1.63 bits per heavy atom. The summed E-state index contributed by atoms with van der Waals surface area (Å²) in [5.74, 6) is 0.585. The normalized spacial score (nSPS) is 21.2. The number of fused-ring (bicyclic) bond motifs is 3. The zero-order valence-electron chi connectivity index (χ0n) is 16.8. The second kappa shape index (κ2) is 8.07. The number of hydrogen-bond acceptors (Lipinski definition) is 3. The maximum atomic E-state index is 13.1. The minimum Gasteiger partial charge on any atom is -0.484 e. The quantitative estimate of drug-likeness (QED) is 0.638. The van der Waals surface area contributed by atoms with E-state index >= 15 is 0 Å². The number of piperazine rings is 1. The monoisotopic (exact) mass is 404 g/mol. The van der Waals surface area contributed by atoms with Crippen LogP contribution in [0.4, 0.5) is 4.39 Å². The molecular formula is C25H25FN2O2. The lowest BCUT2D eigenvalue weighted by molar-refractivity contribution is -0.139. The molecule has 3 aromatic rings. The molecule has 2 aliphatic heterocycles. The Kier molecular flexibility index (Phi) is 5.13. The number of benzene rings is 3. The minimum atomic E-state index is -0.208. The summed E-state index contributed by atoms with van der Waals surface area (Å²) in [6, 6.07) is 21.2. The average molecular weight is 404 g/mol. The van der Waals surface area contributed by atoms with Crippen LogP contribution in [-0.2, 0) is 11.3 Å². The largest absolute Gasteiger partial charge is 0.484 e. The summed E-state index contributed by atoms with van der Waals surface area (Å²) in [6.07, 6.45) is 2.07. The molecule has 0 aromatic heterocycles. The molecule has 2 atom stereocenters. The maximum absolute atomic E-state index is 13.1. The number of likely N-dealkylation sites (tertiary alicyclic amines) is 1. The van der Waals surface area contributed by atoms with Crippen LogP contribution in [0.25, 0.3) is 10.8 Å². The minimum absolute atomic E-state index is 0.0668. The third-order valence-corrected chi connectivity index (χ3v) is 6.25. The van der Waals surface area contributed by atoms with Crippen molar-refractivity contribution in [3.63, 3.8) is 0 Å². The Hall–Kier alpha value is -2.92. The first-order chi connectivity index (χ1) is 14.7. The van der Waals surface area contributed by atoms with Gasteiger partial charge in [-0.05, 0) is 53.4 Å². The van der Waals surface area contributed by atoms with Crippen molar-refractivity contribution in [1.82, 2.24) is 9.80 Å². The van der Waals surface area contributed by atoms with E-state index in [2.05, 4.69) is 11.0 Å². The number of rotatable bonds is 5. The topological polar surface area (TPSA) is 32.8 Å². The first-order valence-corrected chi connectivity index (χ1v) is 10.6. The molecule has 2 fully saturated rings. The van der Waals surface area contributed by atoms with Crippen LogP contribution >= 0.6 is 0 Å². The average Bonchev–Trinajstić information content (AvgIpc) is 3.04. The molecule has 2 bridgehead atoms. The standard InChI is InChI=1S/C25H25FN2O2/c26-21-8-5-18(6-9-21)14-27-15-22-10-11-23(16-27)28(22)25(29)17-30-24-12-7-19-3-1-2-4-20(19)13-24/h1-9,12-13,22-23H,10-11,14-17H2. The van der Waals surface area contributed by atoms with Crippen LogP contribution in [0.15, 0.2) is 66.7 Å². The van der Waals surface area contributed by atoms with Crippen molar-refractivity contribution >= 4 is 16.7 Å². The summed E-state index contributed by atoms with van der Waals surface area (Å²) in [5.41, 5.74) is 1.11. The summed E-state index contributed by atoms with van der Waals surface area (Å²) in [6.45, 7) is 2.58. The molecule has 30 heavy (non-hydrogen) atoms. The highest BCUT2D eigenvalue weighted by Crippen LogP contribution is 2.31. The number of ether oxygens (including phenoxy) is 1. The molecule has 0 saturated carbocycles. The van der Waals surface area contributed by atoms with Gasteiger partial charge in [0, 0.05) is 31.7 Å². The van der Waals surface area contributed by atoms with Gasteiger partial charge in [-0.2, -0.15) is 0 Å². The lowest BCUT2D eigenvalue weighted by atomic mass is 10.1. The Labute approximate surface area is 175 Å². The zero-order valence-corrected chi connectivity index (χ0v) is 16.8. The van der Waals surface area contributed by atoms with Crippen molar-refractivity contribution in [3.05, 3.63) is 78.1 Å². The van der Waals surface area contributed by atoms with E-state index in [9.17, 15) is 9.18 Å². The fraction of sp³-hybridized carbons (Fsp3) is 0.320. The maximum Gasteiger partial charge on any atom is 0.261 e. The Morgan fingerprint density at radius 1 is 0.933 bits per heavy atom. The molecule has 2 heterocycles. The van der Waals surface area contributed by atoms with E-state index in [1.54, 1.807) is 0 Å². The third kappa shape index (κ3) is 3.90. The van der Waals surface area contributed by atoms with Gasteiger partial charge in [0.2, 0.25) is 0 Å². The number of nitrogens with zero attached hydrogens (tertiary/aromatic N) is 2. The number of carbonyl (C=O) groups excluding carboxylic acids is 1. The van der Waals surface area contributed by atoms with Gasteiger partial charge in [-0.1, -0.05) is 42.5 Å². The fourth-order valence-electron chi connectivity index (χ4n) is 4.85. The lowest BCUT2D eigenvalue weighted by Crippen LogP contribution is -2.56. The Bertz CT molecular complexity index is 1040. The number of amides is 1. The first-order valence-electron chi connectivity index (χ1n) is 10.6. The second-order valence-electron chi connectivity index (χ2n) is 8.30. The fourth-order valence-corrected chi connectivity index (χ4v) is 4.85. The molecule has 0 N–H and O–H groups in total. The van der Waals surface area contributed by atoms with Crippen molar-refractivity contribution < 1.29 is 13.9 Å². The van der Waals surface area contributed by atoms with Crippen LogP contribution < -0.4 is 4.74 Å². The molecule has 2 saturated heterocycles. The van der Waals surface area contributed by atoms with Gasteiger partial charge in [0.15, 0.2) is 6.61 Å². The molecule has 1 amide bonds. The highest BCUT2D eigenvalue weighted by atomic mass is 19.1. The zero-order chi connectivity index (χ0) is 20.5. The van der Waals surface area contributed by atoms with Crippen molar-refractivity contribution in [2.45, 2.75) is 31.5 Å². The molecule has 0 aliphatic carbocycles. The van der Waals surface area contributed by atoms with Crippen molar-refractivity contribution in [2.75, 3.05) is 19.7 Å². The van der Waals surface area contributed by atoms with Crippen LogP contribution in [-0.4, -0.2) is 47.5 Å². The molecular weight excluding hydrogens is 379 g/mol. The van der Waals surface area contributed by atoms with Crippen molar-refractivity contribution in [1.29, 1.82) is 0 Å². The van der Waals surface area contributed by atoms with Crippen LogP contribution in [0.5, 0.6) is 5.75 Å². The Morgan fingerprint density at radius 3 is 2.37 bits per heavy atom. The molecule has 4 nitrogen and oxygen atoms in total. The van der Waals surface area contributed by atoms with Crippen LogP contribution in [0.1, 0.15) is 18.4 Å². The second-order valence-corrected chi connectivity index (χ2v) is 8.30. The van der Waals surface area contributed by atoms with E-state index in [-0.39, 0.29) is 30.4 Å². The van der Waals surface area contributed by atoms with Crippen molar-refractivity contribution in [3.8, 4) is 5.75 Å². The van der Waals surface area contributed by atoms with E-state index in [0.717, 1.165) is 54.6 Å². The van der Waals surface area contributed by atoms with Gasteiger partial charge in [0.25, 0.3) is 5.91 Å². The van der Waals surface area contributed by atoms with Gasteiger partial charge >= 0.3 is 0 Å². The SMILES string of the molecule is O=C(COc1ccc2ccccc2c1)N1C2CCC1CN(Cc1ccc(F)cc1)C2. The molecule has 3 aromatic carbocycles.